The van der Waals surface area contributed by atoms with Gasteiger partial charge >= 0.3 is 0 Å². The van der Waals surface area contributed by atoms with Gasteiger partial charge in [-0.1, -0.05) is 15.7 Å². The molecule has 0 aromatic carbocycles. The minimum Gasteiger partial charge on any atom is -0.260 e. The van der Waals surface area contributed by atoms with Crippen LogP contribution in [-0.2, 0) is 0 Å². The van der Waals surface area contributed by atoms with E-state index in [0.717, 1.165) is 0 Å². The summed E-state index contributed by atoms with van der Waals surface area (Å²) >= 11 is 0. The van der Waals surface area contributed by atoms with Crippen LogP contribution >= 0.6 is 15.7 Å². The Morgan fingerprint density at radius 2 is 2.57 bits per heavy atom. The third-order valence-corrected chi connectivity index (χ3v) is 3.74. The number of rotatable bonds is 0. The van der Waals surface area contributed by atoms with E-state index in [1.54, 1.807) is 0 Å². The van der Waals surface area contributed by atoms with Crippen molar-refractivity contribution < 1.29 is 0 Å². The number of hydrogen-bond acceptors (Lipinski definition) is 1. The number of hydrogen-bond donors (Lipinski definition) is 0. The summed E-state index contributed by atoms with van der Waals surface area (Å²) in [6.07, 6.45) is 0. The predicted molar refractivity (Wildman–Crippen MR) is 41.8 cm³/mol. The number of nitrogens with zero attached hydrogens (tertiary/aromatic N) is 1. The molecular weight excluding hydrogens is 124 g/mol. The maximum Gasteiger partial charge on any atom is 0.0539 e. The van der Waals surface area contributed by atoms with Crippen LogP contribution in [0.1, 0.15) is 0 Å². The first-order valence-electron chi connectivity index (χ1n) is 2.11. The van der Waals surface area contributed by atoms with Crippen LogP contribution in [0.15, 0.2) is 4.99 Å². The lowest BCUT2D eigenvalue weighted by molar-refractivity contribution is 1.91. The van der Waals surface area contributed by atoms with Crippen LogP contribution in [0.25, 0.3) is 0 Å². The molecule has 3 heteroatoms. The van der Waals surface area contributed by atoms with E-state index in [4.69, 9.17) is 0 Å². The van der Waals surface area contributed by atoms with Crippen molar-refractivity contribution in [3.05, 3.63) is 0 Å². The van der Waals surface area contributed by atoms with Crippen LogP contribution in [0, 0.1) is 0 Å². The zero-order chi connectivity index (χ0) is 5.11. The lowest BCUT2D eigenvalue weighted by Crippen LogP contribution is -1.70. The molecule has 1 rings (SSSR count). The fourth-order valence-corrected chi connectivity index (χ4v) is 2.43. The van der Waals surface area contributed by atoms with Crippen molar-refractivity contribution in [3.63, 3.8) is 0 Å². The molecule has 0 spiro atoms. The van der Waals surface area contributed by atoms with Gasteiger partial charge in [0.05, 0.1) is 5.96 Å². The number of aliphatic imine (C=N–C) groups is 1. The molecule has 0 aromatic rings. The minimum absolute atomic E-state index is 0.253. The lowest BCUT2D eigenvalue weighted by Gasteiger charge is -1.89. The molecule has 1 atom stereocenters. The van der Waals surface area contributed by atoms with Gasteiger partial charge in [-0.2, -0.15) is 0 Å². The van der Waals surface area contributed by atoms with Gasteiger partial charge in [0.25, 0.3) is 0 Å². The quantitative estimate of drug-likeness (QED) is 0.440. The Bertz CT molecular complexity index is 146. The molecule has 38 valence electrons. The highest BCUT2D eigenvalue weighted by Crippen LogP contribution is 2.16. The molecule has 0 radical (unpaired) electrons. The fourth-order valence-electron chi connectivity index (χ4n) is 0.374. The van der Waals surface area contributed by atoms with Gasteiger partial charge in [-0.15, -0.1) is 0 Å². The second kappa shape index (κ2) is 2.45. The molecule has 0 bridgehead atoms. The first-order chi connectivity index (χ1) is 3.39. The van der Waals surface area contributed by atoms with Crippen molar-refractivity contribution in [2.75, 3.05) is 6.66 Å². The Kier molecular flexibility index (Phi) is 1.85. The van der Waals surface area contributed by atoms with Gasteiger partial charge in [0.2, 0.25) is 0 Å². The first-order valence-corrected chi connectivity index (χ1v) is 5.30. The molecule has 1 aliphatic heterocycles. The normalized spacial score (nSPS) is 29.6. The minimum atomic E-state index is -0.253. The second-order valence-corrected chi connectivity index (χ2v) is 4.72. The first kappa shape index (κ1) is 5.28. The second-order valence-electron chi connectivity index (χ2n) is 1.42. The highest BCUT2D eigenvalue weighted by atomic mass is 31.1. The summed E-state index contributed by atoms with van der Waals surface area (Å²) in [5.74, 6) is 3.96. The average molecular weight is 131 g/mol. The molecule has 1 aliphatic rings. The van der Waals surface area contributed by atoms with Gasteiger partial charge < -0.3 is 0 Å². The van der Waals surface area contributed by atoms with Crippen LogP contribution < -0.4 is 0 Å². The Morgan fingerprint density at radius 1 is 1.71 bits per heavy atom. The third-order valence-electron chi connectivity index (χ3n) is 0.690. The Labute approximate surface area is 45.7 Å². The van der Waals surface area contributed by atoms with Crippen molar-refractivity contribution in [1.82, 2.24) is 0 Å². The van der Waals surface area contributed by atoms with Gasteiger partial charge in [-0.05, 0) is 12.2 Å². The zero-order valence-corrected chi connectivity index (χ0v) is 6.02. The Balaban J connectivity index is 2.82. The van der Waals surface area contributed by atoms with E-state index >= 15 is 0 Å². The van der Waals surface area contributed by atoms with Crippen molar-refractivity contribution in [2.24, 2.45) is 4.99 Å². The van der Waals surface area contributed by atoms with Gasteiger partial charge in [0, 0.05) is 5.92 Å². The topological polar surface area (TPSA) is 12.4 Å². The van der Waals surface area contributed by atoms with E-state index in [2.05, 4.69) is 17.2 Å². The van der Waals surface area contributed by atoms with Crippen LogP contribution in [-0.4, -0.2) is 24.1 Å². The molecule has 0 N–H and O–H groups in total. The van der Waals surface area contributed by atoms with Crippen molar-refractivity contribution in [1.29, 1.82) is 0 Å². The Hall–Kier alpha value is 0.140. The Morgan fingerprint density at radius 3 is 2.86 bits per heavy atom. The molecule has 1 nitrogen and oxygen atoms in total. The molecular formula is C4H7NP2. The monoisotopic (exact) mass is 131 g/mol. The van der Waals surface area contributed by atoms with Crippen molar-refractivity contribution in [3.8, 4) is 0 Å². The van der Waals surface area contributed by atoms with E-state index in [9.17, 15) is 0 Å². The summed E-state index contributed by atoms with van der Waals surface area (Å²) in [4.78, 5) is 4.01. The summed E-state index contributed by atoms with van der Waals surface area (Å²) in [7, 11) is 1.04. The molecule has 0 amide bonds. The van der Waals surface area contributed by atoms with Gasteiger partial charge in [-0.3, -0.25) is 4.99 Å². The highest BCUT2D eigenvalue weighted by Gasteiger charge is 1.78. The summed E-state index contributed by atoms with van der Waals surface area (Å²) < 4.78 is 0. The van der Waals surface area contributed by atoms with E-state index in [1.807, 2.05) is 11.9 Å². The summed E-state index contributed by atoms with van der Waals surface area (Å²) in [6.45, 7) is 2.23. The summed E-state index contributed by atoms with van der Waals surface area (Å²) in [5, 5.41) is 0. The maximum absolute atomic E-state index is 4.01. The molecule has 1 unspecified atom stereocenters. The SMILES string of the molecule is C[PH]1=CN=CP=C1. The van der Waals surface area contributed by atoms with Crippen LogP contribution in [0.3, 0.4) is 0 Å². The van der Waals surface area contributed by atoms with E-state index < -0.39 is 0 Å². The third kappa shape index (κ3) is 1.59. The van der Waals surface area contributed by atoms with E-state index in [-0.39, 0.29) is 7.55 Å². The summed E-state index contributed by atoms with van der Waals surface area (Å²) in [5.41, 5.74) is 2.30. The van der Waals surface area contributed by atoms with Crippen LogP contribution in [0.2, 0.25) is 0 Å². The fraction of sp³-hybridized carbons (Fsp3) is 0.250. The maximum atomic E-state index is 4.01. The molecule has 0 fully saturated rings. The van der Waals surface area contributed by atoms with E-state index in [1.165, 1.54) is 8.20 Å². The van der Waals surface area contributed by atoms with Gasteiger partial charge in [0.15, 0.2) is 0 Å². The van der Waals surface area contributed by atoms with Crippen molar-refractivity contribution in [2.45, 2.75) is 0 Å². The predicted octanol–water partition coefficient (Wildman–Crippen LogP) is 1.34. The molecule has 7 heavy (non-hydrogen) atoms. The largest absolute Gasteiger partial charge is 0.260 e. The molecule has 0 aromatic heterocycles. The van der Waals surface area contributed by atoms with Gasteiger partial charge in [0.1, 0.15) is 0 Å². The van der Waals surface area contributed by atoms with Crippen molar-refractivity contribution >= 4 is 33.2 Å². The van der Waals surface area contributed by atoms with E-state index in [0.29, 0.717) is 0 Å². The van der Waals surface area contributed by atoms with Gasteiger partial charge in [-0.25, -0.2) is 0 Å². The highest BCUT2D eigenvalue weighted by molar-refractivity contribution is 7.84. The smallest absolute Gasteiger partial charge is 0.0539 e. The standard InChI is InChI=1S/C4H7NP2/c1-7-3-5-2-6-4-7/h2-4,7H,1H3. The lowest BCUT2D eigenvalue weighted by atomic mass is 11.4. The molecule has 0 aliphatic carbocycles. The van der Waals surface area contributed by atoms with Crippen LogP contribution in [0.5, 0.6) is 0 Å². The zero-order valence-electron chi connectivity index (χ0n) is 4.13. The average Bonchev–Trinajstić information content (AvgIpc) is 1.69. The molecule has 1 heterocycles. The molecule has 0 saturated heterocycles. The van der Waals surface area contributed by atoms with Crippen LogP contribution in [0.4, 0.5) is 0 Å². The molecule has 0 saturated carbocycles. The summed E-state index contributed by atoms with van der Waals surface area (Å²) in [6, 6.07) is 0.